The Morgan fingerprint density at radius 3 is 1.88 bits per heavy atom. The zero-order chi connectivity index (χ0) is 16.8. The van der Waals surface area contributed by atoms with E-state index in [2.05, 4.69) is 109 Å². The Kier molecular flexibility index (Phi) is 6.79. The first-order valence-electron chi connectivity index (χ1n) is 8.19. The van der Waals surface area contributed by atoms with Gasteiger partial charge in [-0.3, -0.25) is 0 Å². The first kappa shape index (κ1) is 18.8. The Morgan fingerprint density at radius 1 is 0.760 bits per heavy atom. The largest absolute Gasteiger partial charge is 1.00 e. The number of pyridine rings is 1. The van der Waals surface area contributed by atoms with Gasteiger partial charge in [0.25, 0.3) is 0 Å². The third-order valence-corrected chi connectivity index (χ3v) is 4.00. The van der Waals surface area contributed by atoms with Crippen molar-refractivity contribution in [2.75, 3.05) is 19.0 Å². The lowest BCUT2D eigenvalue weighted by molar-refractivity contribution is -0.688. The number of nitrogens with zero attached hydrogens (tertiary/aromatic N) is 2. The number of rotatable bonds is 5. The summed E-state index contributed by atoms with van der Waals surface area (Å²) in [5, 5.41) is 0. The highest BCUT2D eigenvalue weighted by molar-refractivity contribution is 5.70. The standard InChI is InChI=1S/C22H23N2.ClH/c1-23(2)22-12-10-19(11-13-22)8-9-20-14-16-24(17-15-20)18-21-6-4-3-5-7-21;/h3-17H,18H2,1-2H3;1H/q+1;/p-1. The van der Waals surface area contributed by atoms with Gasteiger partial charge in [0.15, 0.2) is 18.9 Å². The van der Waals surface area contributed by atoms with E-state index in [4.69, 9.17) is 0 Å². The number of halogens is 1. The van der Waals surface area contributed by atoms with Crippen molar-refractivity contribution in [1.82, 2.24) is 0 Å². The monoisotopic (exact) mass is 350 g/mol. The number of hydrogen-bond donors (Lipinski definition) is 0. The second-order valence-electron chi connectivity index (χ2n) is 6.11. The maximum atomic E-state index is 2.19. The average molecular weight is 351 g/mol. The third-order valence-electron chi connectivity index (χ3n) is 4.00. The normalized spacial score (nSPS) is 10.5. The second kappa shape index (κ2) is 9.05. The zero-order valence-corrected chi connectivity index (χ0v) is 15.4. The molecule has 1 heterocycles. The van der Waals surface area contributed by atoms with Crippen molar-refractivity contribution in [3.05, 3.63) is 95.8 Å². The van der Waals surface area contributed by atoms with E-state index in [0.717, 1.165) is 6.54 Å². The lowest BCUT2D eigenvalue weighted by Gasteiger charge is -2.11. The third kappa shape index (κ3) is 5.47. The van der Waals surface area contributed by atoms with Crippen LogP contribution in [0.25, 0.3) is 12.2 Å². The van der Waals surface area contributed by atoms with E-state index in [1.807, 2.05) is 6.07 Å². The van der Waals surface area contributed by atoms with Gasteiger partial charge in [-0.1, -0.05) is 54.6 Å². The van der Waals surface area contributed by atoms with Crippen LogP contribution >= 0.6 is 0 Å². The minimum absolute atomic E-state index is 0. The van der Waals surface area contributed by atoms with E-state index < -0.39 is 0 Å². The van der Waals surface area contributed by atoms with Crippen LogP contribution in [0.15, 0.2) is 79.1 Å². The number of benzene rings is 2. The molecule has 2 aromatic carbocycles. The molecule has 0 saturated heterocycles. The second-order valence-corrected chi connectivity index (χ2v) is 6.11. The average Bonchev–Trinajstić information content (AvgIpc) is 2.62. The molecule has 0 unspecified atom stereocenters. The molecule has 1 aromatic heterocycles. The molecule has 0 aliphatic heterocycles. The van der Waals surface area contributed by atoms with Crippen molar-refractivity contribution in [3.8, 4) is 0 Å². The molecule has 2 nitrogen and oxygen atoms in total. The van der Waals surface area contributed by atoms with Gasteiger partial charge in [0, 0.05) is 37.5 Å². The maximum absolute atomic E-state index is 2.19. The van der Waals surface area contributed by atoms with Crippen LogP contribution in [0.3, 0.4) is 0 Å². The van der Waals surface area contributed by atoms with Crippen molar-refractivity contribution in [3.63, 3.8) is 0 Å². The van der Waals surface area contributed by atoms with E-state index in [9.17, 15) is 0 Å². The number of aromatic nitrogens is 1. The smallest absolute Gasteiger partial charge is 0.173 e. The Hall–Kier alpha value is -2.58. The fraction of sp³-hybridized carbons (Fsp3) is 0.136. The van der Waals surface area contributed by atoms with Gasteiger partial charge in [0.05, 0.1) is 0 Å². The van der Waals surface area contributed by atoms with E-state index in [1.165, 1.54) is 22.4 Å². The Bertz CT molecular complexity index is 792. The highest BCUT2D eigenvalue weighted by atomic mass is 35.5. The van der Waals surface area contributed by atoms with Crippen LogP contribution in [0.4, 0.5) is 5.69 Å². The summed E-state index contributed by atoms with van der Waals surface area (Å²) in [5.74, 6) is 0. The van der Waals surface area contributed by atoms with Crippen LogP contribution in [0.1, 0.15) is 16.7 Å². The summed E-state index contributed by atoms with van der Waals surface area (Å²) < 4.78 is 2.19. The molecule has 0 aliphatic rings. The summed E-state index contributed by atoms with van der Waals surface area (Å²) in [7, 11) is 4.11. The van der Waals surface area contributed by atoms with E-state index in [1.54, 1.807) is 0 Å². The fourth-order valence-corrected chi connectivity index (χ4v) is 2.56. The summed E-state index contributed by atoms with van der Waals surface area (Å²) in [6.45, 7) is 0.900. The van der Waals surface area contributed by atoms with E-state index in [-0.39, 0.29) is 12.4 Å². The molecule has 128 valence electrons. The SMILES string of the molecule is CN(C)c1ccc(C=Cc2cc[n+](Cc3ccccc3)cc2)cc1.[Cl-]. The predicted octanol–water partition coefficient (Wildman–Crippen LogP) is 1.26. The van der Waals surface area contributed by atoms with Gasteiger partial charge in [-0.2, -0.15) is 0 Å². The maximum Gasteiger partial charge on any atom is 0.173 e. The summed E-state index contributed by atoms with van der Waals surface area (Å²) >= 11 is 0. The van der Waals surface area contributed by atoms with E-state index >= 15 is 0 Å². The molecule has 3 heteroatoms. The van der Waals surface area contributed by atoms with Crippen molar-refractivity contribution >= 4 is 17.8 Å². The molecule has 25 heavy (non-hydrogen) atoms. The molecule has 0 spiro atoms. The fourth-order valence-electron chi connectivity index (χ4n) is 2.56. The molecule has 3 rings (SSSR count). The number of hydrogen-bond acceptors (Lipinski definition) is 1. The van der Waals surface area contributed by atoms with Crippen LogP contribution in [-0.4, -0.2) is 14.1 Å². The lowest BCUT2D eigenvalue weighted by atomic mass is 10.1. The van der Waals surface area contributed by atoms with Crippen LogP contribution in [0.5, 0.6) is 0 Å². The minimum Gasteiger partial charge on any atom is -1.00 e. The first-order chi connectivity index (χ1) is 11.7. The van der Waals surface area contributed by atoms with Crippen molar-refractivity contribution in [2.45, 2.75) is 6.54 Å². The van der Waals surface area contributed by atoms with Gasteiger partial charge < -0.3 is 17.3 Å². The minimum atomic E-state index is 0. The number of anilines is 1. The topological polar surface area (TPSA) is 7.12 Å². The van der Waals surface area contributed by atoms with Crippen LogP contribution in [-0.2, 0) is 6.54 Å². The summed E-state index contributed by atoms with van der Waals surface area (Å²) in [6, 6.07) is 23.4. The molecule has 0 fully saturated rings. The summed E-state index contributed by atoms with van der Waals surface area (Å²) in [6.07, 6.45) is 8.55. The van der Waals surface area contributed by atoms with E-state index in [0.29, 0.717) is 0 Å². The molecule has 0 saturated carbocycles. The molecule has 0 bridgehead atoms. The van der Waals surface area contributed by atoms with Gasteiger partial charge >= 0.3 is 0 Å². The quantitative estimate of drug-likeness (QED) is 0.628. The summed E-state index contributed by atoms with van der Waals surface area (Å²) in [4.78, 5) is 2.11. The Labute approximate surface area is 156 Å². The van der Waals surface area contributed by atoms with Crippen LogP contribution in [0.2, 0.25) is 0 Å². The molecule has 0 N–H and O–H groups in total. The molecule has 0 radical (unpaired) electrons. The molecule has 3 aromatic rings. The molecular weight excluding hydrogens is 328 g/mol. The Balaban J connectivity index is 0.00000225. The van der Waals surface area contributed by atoms with Crippen LogP contribution < -0.4 is 21.9 Å². The lowest BCUT2D eigenvalue weighted by Crippen LogP contribution is -3.00. The van der Waals surface area contributed by atoms with Gasteiger partial charge in [0.2, 0.25) is 0 Å². The van der Waals surface area contributed by atoms with Gasteiger partial charge in [0.1, 0.15) is 0 Å². The van der Waals surface area contributed by atoms with Crippen molar-refractivity contribution in [1.29, 1.82) is 0 Å². The molecule has 0 atom stereocenters. The predicted molar refractivity (Wildman–Crippen MR) is 102 cm³/mol. The van der Waals surface area contributed by atoms with Crippen LogP contribution in [0, 0.1) is 0 Å². The van der Waals surface area contributed by atoms with Crippen molar-refractivity contribution < 1.29 is 17.0 Å². The summed E-state index contributed by atoms with van der Waals surface area (Å²) in [5.41, 5.74) is 4.94. The molecule has 0 aliphatic carbocycles. The highest BCUT2D eigenvalue weighted by Crippen LogP contribution is 2.14. The zero-order valence-electron chi connectivity index (χ0n) is 14.6. The molecular formula is C22H23ClN2. The van der Waals surface area contributed by atoms with Gasteiger partial charge in [-0.25, -0.2) is 4.57 Å². The molecule has 0 amide bonds. The Morgan fingerprint density at radius 2 is 1.32 bits per heavy atom. The first-order valence-corrected chi connectivity index (χ1v) is 8.19. The van der Waals surface area contributed by atoms with Gasteiger partial charge in [-0.15, -0.1) is 0 Å². The highest BCUT2D eigenvalue weighted by Gasteiger charge is 2.01. The van der Waals surface area contributed by atoms with Gasteiger partial charge in [-0.05, 0) is 23.3 Å². The van der Waals surface area contributed by atoms with Crippen molar-refractivity contribution in [2.24, 2.45) is 0 Å².